The normalized spacial score (nSPS) is 15.7. The van der Waals surface area contributed by atoms with E-state index in [2.05, 4.69) is 10.5 Å². The van der Waals surface area contributed by atoms with E-state index in [-0.39, 0.29) is 5.91 Å². The molecule has 0 aromatic rings. The largest absolute Gasteiger partial charge is 0.273 e. The third-order valence-corrected chi connectivity index (χ3v) is 1.52. The fraction of sp³-hybridized carbons (Fsp3) is 0.429. The van der Waals surface area contributed by atoms with Gasteiger partial charge in [-0.15, -0.1) is 0 Å². The number of rotatable bonds is 2. The first-order chi connectivity index (χ1) is 5.75. The fourth-order valence-electron chi connectivity index (χ4n) is 0.965. The minimum absolute atomic E-state index is 0.178. The Morgan fingerprint density at radius 2 is 2.50 bits per heavy atom. The summed E-state index contributed by atoms with van der Waals surface area (Å²) in [6, 6.07) is 0. The highest BCUT2D eigenvalue weighted by atomic mass is 16.2. The van der Waals surface area contributed by atoms with Gasteiger partial charge in [0.05, 0.1) is 0 Å². The summed E-state index contributed by atoms with van der Waals surface area (Å²) in [4.78, 5) is 15.0. The van der Waals surface area contributed by atoms with Gasteiger partial charge in [0.15, 0.2) is 0 Å². The summed E-state index contributed by atoms with van der Waals surface area (Å²) in [6.45, 7) is 1.42. The molecule has 12 heavy (non-hydrogen) atoms. The highest BCUT2D eigenvalue weighted by Gasteiger charge is 2.12. The smallest absolute Gasteiger partial charge is 0.240 e. The van der Waals surface area contributed by atoms with Crippen molar-refractivity contribution in [2.75, 3.05) is 0 Å². The molecule has 0 aromatic carbocycles. The van der Waals surface area contributed by atoms with Crippen LogP contribution in [-0.4, -0.2) is 17.1 Å². The molecule has 0 aliphatic carbocycles. The number of carbonyl (C=O) groups excluding carboxylic acids is 1. The Morgan fingerprint density at radius 1 is 1.75 bits per heavy atom. The van der Waals surface area contributed by atoms with Gasteiger partial charge < -0.3 is 0 Å². The van der Waals surface area contributed by atoms with Crippen LogP contribution in [0.5, 0.6) is 0 Å². The molecule has 3 N–H and O–H groups in total. The average Bonchev–Trinajstić information content (AvgIpc) is 2.07. The molecule has 0 saturated carbocycles. The third-order valence-electron chi connectivity index (χ3n) is 1.52. The van der Waals surface area contributed by atoms with Gasteiger partial charge in [-0.05, 0) is 18.9 Å². The van der Waals surface area contributed by atoms with E-state index in [0.29, 0.717) is 5.82 Å². The number of hydrogen-bond donors (Lipinski definition) is 2. The lowest BCUT2D eigenvalue weighted by atomic mass is 10.3. The summed E-state index contributed by atoms with van der Waals surface area (Å²) >= 11 is 0. The van der Waals surface area contributed by atoms with Gasteiger partial charge in [0, 0.05) is 13.1 Å². The zero-order valence-electron chi connectivity index (χ0n) is 6.95. The molecule has 1 amide bonds. The average molecular weight is 168 g/mol. The summed E-state index contributed by atoms with van der Waals surface area (Å²) < 4.78 is 0. The van der Waals surface area contributed by atoms with Crippen molar-refractivity contribution in [3.63, 3.8) is 0 Å². The lowest BCUT2D eigenvalue weighted by Gasteiger charge is -2.20. The first-order valence-electron chi connectivity index (χ1n) is 3.75. The number of amides is 1. The van der Waals surface area contributed by atoms with E-state index in [9.17, 15) is 4.79 Å². The van der Waals surface area contributed by atoms with Crippen LogP contribution in [0.3, 0.4) is 0 Å². The molecular weight excluding hydrogens is 156 g/mol. The van der Waals surface area contributed by atoms with Crippen molar-refractivity contribution in [3.8, 4) is 0 Å². The number of hydrogen-bond acceptors (Lipinski definition) is 4. The first kappa shape index (κ1) is 8.89. The van der Waals surface area contributed by atoms with Gasteiger partial charge in [-0.2, -0.15) is 5.53 Å². The zero-order valence-corrected chi connectivity index (χ0v) is 6.95. The minimum Gasteiger partial charge on any atom is -0.273 e. The van der Waals surface area contributed by atoms with Crippen LogP contribution in [0, 0.1) is 0 Å². The molecule has 0 unspecified atom stereocenters. The summed E-state index contributed by atoms with van der Waals surface area (Å²) in [5, 5.41) is 1.20. The van der Waals surface area contributed by atoms with Gasteiger partial charge in [0.2, 0.25) is 5.91 Å². The van der Waals surface area contributed by atoms with Crippen LogP contribution in [0.1, 0.15) is 19.8 Å². The van der Waals surface area contributed by atoms with Crippen LogP contribution in [-0.2, 0) is 4.79 Å². The molecule has 0 radical (unpaired) electrons. The minimum atomic E-state index is -0.178. The molecule has 1 aliphatic heterocycles. The SMILES string of the molecule is CC(=O)N(NN)C1=CCCC=N1. The van der Waals surface area contributed by atoms with Crippen molar-refractivity contribution in [3.05, 3.63) is 11.9 Å². The Balaban J connectivity index is 2.71. The Kier molecular flexibility index (Phi) is 2.95. The van der Waals surface area contributed by atoms with Gasteiger partial charge in [0.1, 0.15) is 5.82 Å². The molecule has 0 aromatic heterocycles. The lowest BCUT2D eigenvalue weighted by molar-refractivity contribution is -0.129. The van der Waals surface area contributed by atoms with Crippen LogP contribution in [0.15, 0.2) is 16.9 Å². The van der Waals surface area contributed by atoms with Gasteiger partial charge in [-0.3, -0.25) is 10.6 Å². The molecule has 0 atom stereocenters. The molecule has 1 heterocycles. The van der Waals surface area contributed by atoms with Crippen molar-refractivity contribution < 1.29 is 4.79 Å². The number of hydrazine groups is 2. The van der Waals surface area contributed by atoms with Crippen molar-refractivity contribution >= 4 is 12.1 Å². The van der Waals surface area contributed by atoms with Crippen LogP contribution >= 0.6 is 0 Å². The van der Waals surface area contributed by atoms with E-state index in [0.717, 1.165) is 12.8 Å². The maximum Gasteiger partial charge on any atom is 0.240 e. The molecule has 1 rings (SSSR count). The molecule has 1 aliphatic rings. The van der Waals surface area contributed by atoms with E-state index in [1.54, 1.807) is 6.21 Å². The molecule has 0 bridgehead atoms. The van der Waals surface area contributed by atoms with E-state index in [1.165, 1.54) is 11.9 Å². The molecule has 0 saturated heterocycles. The third kappa shape index (κ3) is 1.90. The second-order valence-corrected chi connectivity index (χ2v) is 2.43. The van der Waals surface area contributed by atoms with Crippen LogP contribution in [0.25, 0.3) is 0 Å². The fourth-order valence-corrected chi connectivity index (χ4v) is 0.965. The second kappa shape index (κ2) is 3.99. The van der Waals surface area contributed by atoms with Crippen LogP contribution < -0.4 is 11.4 Å². The Hall–Kier alpha value is -1.20. The van der Waals surface area contributed by atoms with Crippen LogP contribution in [0.2, 0.25) is 0 Å². The summed E-state index contributed by atoms with van der Waals surface area (Å²) in [5.74, 6) is 5.53. The molecule has 5 nitrogen and oxygen atoms in total. The quantitative estimate of drug-likeness (QED) is 0.447. The summed E-state index contributed by atoms with van der Waals surface area (Å²) in [7, 11) is 0. The Bertz CT molecular complexity index is 234. The maximum atomic E-state index is 10.9. The number of nitrogens with two attached hydrogens (primary N) is 1. The maximum absolute atomic E-state index is 10.9. The second-order valence-electron chi connectivity index (χ2n) is 2.43. The van der Waals surface area contributed by atoms with Crippen molar-refractivity contribution in [1.82, 2.24) is 10.5 Å². The van der Waals surface area contributed by atoms with Gasteiger partial charge in [0.25, 0.3) is 0 Å². The Labute approximate surface area is 70.9 Å². The Morgan fingerprint density at radius 3 is 2.92 bits per heavy atom. The van der Waals surface area contributed by atoms with E-state index >= 15 is 0 Å². The van der Waals surface area contributed by atoms with Gasteiger partial charge >= 0.3 is 0 Å². The molecule has 5 heteroatoms. The highest BCUT2D eigenvalue weighted by Crippen LogP contribution is 2.09. The van der Waals surface area contributed by atoms with E-state index < -0.39 is 0 Å². The number of allylic oxidation sites excluding steroid dienone is 1. The molecular formula is C7H12N4O. The van der Waals surface area contributed by atoms with Crippen molar-refractivity contribution in [2.24, 2.45) is 10.8 Å². The summed E-state index contributed by atoms with van der Waals surface area (Å²) in [5.41, 5.74) is 2.27. The summed E-state index contributed by atoms with van der Waals surface area (Å²) in [6.07, 6.45) is 5.44. The topological polar surface area (TPSA) is 70.7 Å². The predicted molar refractivity (Wildman–Crippen MR) is 45.7 cm³/mol. The predicted octanol–water partition coefficient (Wildman–Crippen LogP) is -0.0808. The standard InChI is InChI=1S/C7H12N4O/c1-6(12)11(10-8)7-4-2-3-5-9-7/h4-5,10H,2-3,8H2,1H3. The number of aliphatic imine (C=N–C) groups is 1. The van der Waals surface area contributed by atoms with Crippen LogP contribution in [0.4, 0.5) is 0 Å². The number of nitrogens with one attached hydrogen (secondary N) is 1. The molecule has 66 valence electrons. The van der Waals surface area contributed by atoms with E-state index in [4.69, 9.17) is 5.84 Å². The number of carbonyl (C=O) groups is 1. The lowest BCUT2D eigenvalue weighted by Crippen LogP contribution is -2.44. The first-order valence-corrected chi connectivity index (χ1v) is 3.75. The van der Waals surface area contributed by atoms with Crippen molar-refractivity contribution in [2.45, 2.75) is 19.8 Å². The molecule has 0 fully saturated rings. The van der Waals surface area contributed by atoms with Crippen molar-refractivity contribution in [1.29, 1.82) is 0 Å². The molecule has 0 spiro atoms. The van der Waals surface area contributed by atoms with E-state index in [1.807, 2.05) is 6.08 Å². The monoisotopic (exact) mass is 168 g/mol. The highest BCUT2D eigenvalue weighted by molar-refractivity contribution is 5.75. The number of nitrogens with zero attached hydrogens (tertiary/aromatic N) is 2. The zero-order chi connectivity index (χ0) is 8.97. The van der Waals surface area contributed by atoms with Gasteiger partial charge in [-0.25, -0.2) is 10.0 Å². The van der Waals surface area contributed by atoms with Gasteiger partial charge in [-0.1, -0.05) is 0 Å².